The molecular formula is C11H22N2O2. The summed E-state index contributed by atoms with van der Waals surface area (Å²) in [5, 5.41) is 12.5. The highest BCUT2D eigenvalue weighted by molar-refractivity contribution is 5.81. The van der Waals surface area contributed by atoms with E-state index in [1.54, 1.807) is 6.92 Å². The lowest BCUT2D eigenvalue weighted by atomic mass is 9.95. The van der Waals surface area contributed by atoms with Crippen molar-refractivity contribution >= 4 is 5.91 Å². The molecule has 1 heterocycles. The summed E-state index contributed by atoms with van der Waals surface area (Å²) in [6.07, 6.45) is 0. The molecule has 0 spiro atoms. The summed E-state index contributed by atoms with van der Waals surface area (Å²) in [5.41, 5.74) is -0.605. The molecular weight excluding hydrogens is 192 g/mol. The summed E-state index contributed by atoms with van der Waals surface area (Å²) < 4.78 is 0. The van der Waals surface area contributed by atoms with Crippen molar-refractivity contribution in [3.63, 3.8) is 0 Å². The summed E-state index contributed by atoms with van der Waals surface area (Å²) in [4.78, 5) is 13.6. The zero-order chi connectivity index (χ0) is 11.6. The fourth-order valence-corrected chi connectivity index (χ4v) is 1.72. The Balaban J connectivity index is 2.29. The van der Waals surface area contributed by atoms with Gasteiger partial charge < -0.3 is 10.4 Å². The lowest BCUT2D eigenvalue weighted by Gasteiger charge is -2.46. The van der Waals surface area contributed by atoms with Gasteiger partial charge >= 0.3 is 0 Å². The van der Waals surface area contributed by atoms with E-state index in [1.807, 2.05) is 11.8 Å². The predicted molar refractivity (Wildman–Crippen MR) is 59.5 cm³/mol. The van der Waals surface area contributed by atoms with E-state index in [2.05, 4.69) is 19.2 Å². The SMILES string of the molecule is CC(C)CNC(=O)C(C)N1CC(C)(O)C1. The van der Waals surface area contributed by atoms with Crippen LogP contribution in [0, 0.1) is 5.92 Å². The number of rotatable bonds is 4. The fraction of sp³-hybridized carbons (Fsp3) is 0.909. The highest BCUT2D eigenvalue weighted by Gasteiger charge is 2.40. The number of carbonyl (C=O) groups excluding carboxylic acids is 1. The van der Waals surface area contributed by atoms with Gasteiger partial charge in [0.05, 0.1) is 11.6 Å². The Kier molecular flexibility index (Phi) is 3.73. The van der Waals surface area contributed by atoms with Crippen molar-refractivity contribution in [2.24, 2.45) is 5.92 Å². The van der Waals surface area contributed by atoms with Crippen LogP contribution in [0.2, 0.25) is 0 Å². The first-order valence-electron chi connectivity index (χ1n) is 5.56. The minimum Gasteiger partial charge on any atom is -0.388 e. The largest absolute Gasteiger partial charge is 0.388 e. The quantitative estimate of drug-likeness (QED) is 0.703. The van der Waals surface area contributed by atoms with Crippen molar-refractivity contribution in [1.82, 2.24) is 10.2 Å². The molecule has 0 saturated carbocycles. The number of aliphatic hydroxyl groups is 1. The maximum absolute atomic E-state index is 11.7. The number of β-amino-alcohol motifs (C(OH)–C–C–N with tert-alkyl or cyclic N) is 1. The van der Waals surface area contributed by atoms with E-state index in [0.29, 0.717) is 25.6 Å². The average molecular weight is 214 g/mol. The number of nitrogens with one attached hydrogen (secondary N) is 1. The van der Waals surface area contributed by atoms with Crippen LogP contribution in [0.25, 0.3) is 0 Å². The number of likely N-dealkylation sites (tertiary alicyclic amines) is 1. The highest BCUT2D eigenvalue weighted by Crippen LogP contribution is 2.22. The predicted octanol–water partition coefficient (Wildman–Crippen LogP) is 0.214. The second-order valence-corrected chi connectivity index (χ2v) is 5.22. The van der Waals surface area contributed by atoms with Crippen LogP contribution in [0.1, 0.15) is 27.7 Å². The lowest BCUT2D eigenvalue weighted by Crippen LogP contribution is -2.65. The molecule has 4 nitrogen and oxygen atoms in total. The molecule has 1 aliphatic heterocycles. The third-order valence-corrected chi connectivity index (χ3v) is 2.70. The van der Waals surface area contributed by atoms with Crippen LogP contribution in [-0.2, 0) is 4.79 Å². The van der Waals surface area contributed by atoms with Crippen LogP contribution in [0.5, 0.6) is 0 Å². The number of hydrogen-bond acceptors (Lipinski definition) is 3. The van der Waals surface area contributed by atoms with Gasteiger partial charge in [0, 0.05) is 19.6 Å². The first-order valence-corrected chi connectivity index (χ1v) is 5.56. The lowest BCUT2D eigenvalue weighted by molar-refractivity contribution is -0.138. The Bertz CT molecular complexity index is 231. The molecule has 1 atom stereocenters. The van der Waals surface area contributed by atoms with Crippen molar-refractivity contribution in [3.8, 4) is 0 Å². The van der Waals surface area contributed by atoms with Gasteiger partial charge in [-0.15, -0.1) is 0 Å². The maximum Gasteiger partial charge on any atom is 0.237 e. The van der Waals surface area contributed by atoms with Gasteiger partial charge in [0.1, 0.15) is 0 Å². The Morgan fingerprint density at radius 2 is 2.00 bits per heavy atom. The molecule has 0 aromatic rings. The van der Waals surface area contributed by atoms with Gasteiger partial charge in [-0.25, -0.2) is 0 Å². The van der Waals surface area contributed by atoms with Crippen molar-refractivity contribution in [1.29, 1.82) is 0 Å². The molecule has 1 amide bonds. The molecule has 4 heteroatoms. The van der Waals surface area contributed by atoms with Gasteiger partial charge in [0.2, 0.25) is 5.91 Å². The maximum atomic E-state index is 11.7. The van der Waals surface area contributed by atoms with Crippen LogP contribution >= 0.6 is 0 Å². The third kappa shape index (κ3) is 3.47. The molecule has 15 heavy (non-hydrogen) atoms. The molecule has 0 aliphatic carbocycles. The average Bonchev–Trinajstić information content (AvgIpc) is 2.08. The van der Waals surface area contributed by atoms with E-state index in [1.165, 1.54) is 0 Å². The van der Waals surface area contributed by atoms with E-state index < -0.39 is 5.60 Å². The minimum atomic E-state index is -0.605. The monoisotopic (exact) mass is 214 g/mol. The first kappa shape index (κ1) is 12.5. The van der Waals surface area contributed by atoms with Gasteiger partial charge in [-0.3, -0.25) is 9.69 Å². The summed E-state index contributed by atoms with van der Waals surface area (Å²) in [6.45, 7) is 9.70. The van der Waals surface area contributed by atoms with E-state index in [4.69, 9.17) is 0 Å². The molecule has 0 aromatic heterocycles. The standard InChI is InChI=1S/C11H22N2O2/c1-8(2)5-12-10(14)9(3)13-6-11(4,15)7-13/h8-9,15H,5-7H2,1-4H3,(H,12,14). The van der Waals surface area contributed by atoms with Gasteiger partial charge in [-0.1, -0.05) is 13.8 Å². The van der Waals surface area contributed by atoms with Gasteiger partial charge in [0.25, 0.3) is 0 Å². The van der Waals surface area contributed by atoms with E-state index in [0.717, 1.165) is 0 Å². The first-order chi connectivity index (χ1) is 6.82. The molecule has 2 N–H and O–H groups in total. The van der Waals surface area contributed by atoms with Crippen LogP contribution < -0.4 is 5.32 Å². The molecule has 0 radical (unpaired) electrons. The Morgan fingerprint density at radius 3 is 2.40 bits per heavy atom. The second-order valence-electron chi connectivity index (χ2n) is 5.22. The van der Waals surface area contributed by atoms with Crippen LogP contribution in [0.15, 0.2) is 0 Å². The van der Waals surface area contributed by atoms with Crippen molar-refractivity contribution < 1.29 is 9.90 Å². The number of amides is 1. The normalized spacial score (nSPS) is 22.3. The van der Waals surface area contributed by atoms with Crippen LogP contribution in [0.3, 0.4) is 0 Å². The molecule has 1 unspecified atom stereocenters. The zero-order valence-corrected chi connectivity index (χ0v) is 10.1. The Hall–Kier alpha value is -0.610. The molecule has 1 rings (SSSR count). The third-order valence-electron chi connectivity index (χ3n) is 2.70. The Labute approximate surface area is 91.6 Å². The van der Waals surface area contributed by atoms with Crippen molar-refractivity contribution in [3.05, 3.63) is 0 Å². The minimum absolute atomic E-state index is 0.0548. The van der Waals surface area contributed by atoms with Gasteiger partial charge in [-0.2, -0.15) is 0 Å². The van der Waals surface area contributed by atoms with Gasteiger partial charge in [-0.05, 0) is 19.8 Å². The van der Waals surface area contributed by atoms with E-state index in [-0.39, 0.29) is 11.9 Å². The zero-order valence-electron chi connectivity index (χ0n) is 10.1. The summed E-state index contributed by atoms with van der Waals surface area (Å²) in [7, 11) is 0. The molecule has 1 saturated heterocycles. The molecule has 1 fully saturated rings. The number of nitrogens with zero attached hydrogens (tertiary/aromatic N) is 1. The number of hydrogen-bond donors (Lipinski definition) is 2. The molecule has 0 bridgehead atoms. The number of carbonyl (C=O) groups is 1. The summed E-state index contributed by atoms with van der Waals surface area (Å²) in [5.74, 6) is 0.528. The van der Waals surface area contributed by atoms with Crippen molar-refractivity contribution in [2.75, 3.05) is 19.6 Å². The summed E-state index contributed by atoms with van der Waals surface area (Å²) >= 11 is 0. The second kappa shape index (κ2) is 4.49. The fourth-order valence-electron chi connectivity index (χ4n) is 1.72. The highest BCUT2D eigenvalue weighted by atomic mass is 16.3. The van der Waals surface area contributed by atoms with Gasteiger partial charge in [0.15, 0.2) is 0 Å². The molecule has 0 aromatic carbocycles. The smallest absolute Gasteiger partial charge is 0.237 e. The molecule has 88 valence electrons. The Morgan fingerprint density at radius 1 is 1.47 bits per heavy atom. The van der Waals surface area contributed by atoms with Crippen LogP contribution in [0.4, 0.5) is 0 Å². The topological polar surface area (TPSA) is 52.6 Å². The van der Waals surface area contributed by atoms with E-state index >= 15 is 0 Å². The van der Waals surface area contributed by atoms with Crippen molar-refractivity contribution in [2.45, 2.75) is 39.3 Å². The van der Waals surface area contributed by atoms with E-state index in [9.17, 15) is 9.90 Å². The molecule has 1 aliphatic rings. The summed E-state index contributed by atoms with van der Waals surface area (Å²) in [6, 6.07) is -0.135. The van der Waals surface area contributed by atoms with Crippen LogP contribution in [-0.4, -0.2) is 47.2 Å².